The molecule has 3 aromatic carbocycles. The van der Waals surface area contributed by atoms with Gasteiger partial charge in [0.2, 0.25) is 0 Å². The lowest BCUT2D eigenvalue weighted by Crippen LogP contribution is -2.09. The van der Waals surface area contributed by atoms with Crippen LogP contribution < -0.4 is 4.74 Å². The zero-order chi connectivity index (χ0) is 20.9. The van der Waals surface area contributed by atoms with E-state index in [4.69, 9.17) is 38.6 Å². The minimum atomic E-state index is -5.04. The normalized spacial score (nSPS) is 12.4. The van der Waals surface area contributed by atoms with Crippen LogP contribution in [0.1, 0.15) is 5.56 Å². The van der Waals surface area contributed by atoms with Crippen molar-refractivity contribution in [3.05, 3.63) is 63.9 Å². The Hall–Kier alpha value is -1.74. The van der Waals surface area contributed by atoms with E-state index in [9.17, 15) is 26.0 Å². The van der Waals surface area contributed by atoms with Gasteiger partial charge in [-0.25, -0.2) is 12.8 Å². The first kappa shape index (κ1) is 21.0. The topological polar surface area (TPSA) is 43.4 Å². The summed E-state index contributed by atoms with van der Waals surface area (Å²) in [5.74, 6) is -2.85. The highest BCUT2D eigenvalue weighted by Gasteiger charge is 2.37. The van der Waals surface area contributed by atoms with Gasteiger partial charge in [0.05, 0.1) is 10.6 Å². The number of hydrogen-bond donors (Lipinski definition) is 0. The molecule has 3 nitrogen and oxygen atoms in total. The maximum atomic E-state index is 14.1. The second kappa shape index (κ2) is 7.26. The number of rotatable bonds is 3. The van der Waals surface area contributed by atoms with Gasteiger partial charge in [-0.15, -0.1) is 0 Å². The van der Waals surface area contributed by atoms with E-state index in [1.165, 1.54) is 18.2 Å². The Morgan fingerprint density at radius 2 is 1.64 bits per heavy atom. The minimum absolute atomic E-state index is 0.189. The van der Waals surface area contributed by atoms with Gasteiger partial charge in [-0.3, -0.25) is 0 Å². The van der Waals surface area contributed by atoms with Gasteiger partial charge < -0.3 is 4.74 Å². The van der Waals surface area contributed by atoms with Gasteiger partial charge in [-0.1, -0.05) is 53.5 Å². The number of hydrogen-bond acceptors (Lipinski definition) is 3. The molecule has 0 aliphatic heterocycles. The highest BCUT2D eigenvalue weighted by molar-refractivity contribution is 8.14. The molecule has 3 aromatic rings. The number of halogens is 7. The Morgan fingerprint density at radius 1 is 1.00 bits per heavy atom. The Bertz CT molecular complexity index is 1190. The summed E-state index contributed by atoms with van der Waals surface area (Å²) >= 11 is 11.5. The summed E-state index contributed by atoms with van der Waals surface area (Å²) in [6, 6.07) is 9.27. The van der Waals surface area contributed by atoms with E-state index in [-0.39, 0.29) is 11.1 Å². The van der Waals surface area contributed by atoms with Crippen molar-refractivity contribution in [3.8, 4) is 11.5 Å². The lowest BCUT2D eigenvalue weighted by molar-refractivity contribution is -0.140. The van der Waals surface area contributed by atoms with Crippen molar-refractivity contribution in [2.75, 3.05) is 0 Å². The molecule has 0 aliphatic rings. The average molecular weight is 474 g/mol. The molecule has 0 radical (unpaired) electrons. The fourth-order valence-electron chi connectivity index (χ4n) is 2.54. The molecule has 0 atom stereocenters. The molecule has 0 fully saturated rings. The third kappa shape index (κ3) is 3.87. The van der Waals surface area contributed by atoms with Crippen molar-refractivity contribution in [2.24, 2.45) is 0 Å². The standard InChI is InChI=1S/C17H7Cl3F4O3S/c18-11-7-10(17(22,23)24)14(21)13(19)15(11)27-12-6-5-8-3-1-2-4-9(8)16(12)28(20,25)26/h1-7H. The Morgan fingerprint density at radius 3 is 2.25 bits per heavy atom. The summed E-state index contributed by atoms with van der Waals surface area (Å²) in [5.41, 5.74) is -1.68. The van der Waals surface area contributed by atoms with E-state index in [0.29, 0.717) is 11.5 Å². The largest absolute Gasteiger partial charge is 0.453 e. The fourth-order valence-corrected chi connectivity index (χ4v) is 4.35. The van der Waals surface area contributed by atoms with Crippen LogP contribution in [0.2, 0.25) is 10.0 Å². The van der Waals surface area contributed by atoms with Crippen LogP contribution in [0.3, 0.4) is 0 Å². The van der Waals surface area contributed by atoms with E-state index in [2.05, 4.69) is 0 Å². The van der Waals surface area contributed by atoms with E-state index >= 15 is 0 Å². The number of alkyl halides is 3. The van der Waals surface area contributed by atoms with Crippen LogP contribution in [0, 0.1) is 5.82 Å². The first-order valence-electron chi connectivity index (χ1n) is 7.30. The van der Waals surface area contributed by atoms with Crippen molar-refractivity contribution >= 4 is 53.7 Å². The van der Waals surface area contributed by atoms with E-state index < -0.39 is 47.3 Å². The Kier molecular flexibility index (Phi) is 5.44. The lowest BCUT2D eigenvalue weighted by Gasteiger charge is -2.16. The maximum absolute atomic E-state index is 14.1. The summed E-state index contributed by atoms with van der Waals surface area (Å²) in [4.78, 5) is -0.459. The van der Waals surface area contributed by atoms with Crippen LogP contribution in [0.25, 0.3) is 10.8 Å². The molecule has 0 unspecified atom stereocenters. The predicted octanol–water partition coefficient (Wildman–Crippen LogP) is 7.02. The quantitative estimate of drug-likeness (QED) is 0.233. The van der Waals surface area contributed by atoms with Gasteiger partial charge >= 0.3 is 6.18 Å². The van der Waals surface area contributed by atoms with E-state index in [1.54, 1.807) is 18.2 Å². The summed E-state index contributed by atoms with van der Waals surface area (Å²) in [5, 5.41) is -1.02. The lowest BCUT2D eigenvalue weighted by atomic mass is 10.1. The zero-order valence-electron chi connectivity index (χ0n) is 13.3. The van der Waals surface area contributed by atoms with Crippen LogP contribution >= 0.6 is 33.9 Å². The van der Waals surface area contributed by atoms with Crippen molar-refractivity contribution in [1.82, 2.24) is 0 Å². The van der Waals surface area contributed by atoms with Crippen LogP contribution in [0.4, 0.5) is 17.6 Å². The highest BCUT2D eigenvalue weighted by atomic mass is 35.7. The first-order chi connectivity index (χ1) is 12.9. The third-order valence-electron chi connectivity index (χ3n) is 3.72. The summed E-state index contributed by atoms with van der Waals surface area (Å²) < 4.78 is 82.2. The van der Waals surface area contributed by atoms with Crippen molar-refractivity contribution < 1.29 is 30.7 Å². The molecule has 28 heavy (non-hydrogen) atoms. The predicted molar refractivity (Wildman–Crippen MR) is 98.5 cm³/mol. The molecule has 0 N–H and O–H groups in total. The molecule has 0 aromatic heterocycles. The fraction of sp³-hybridized carbons (Fsp3) is 0.0588. The van der Waals surface area contributed by atoms with Gasteiger partial charge in [0.25, 0.3) is 9.05 Å². The van der Waals surface area contributed by atoms with E-state index in [0.717, 1.165) is 0 Å². The first-order valence-corrected chi connectivity index (χ1v) is 10.4. The molecular weight excluding hydrogens is 467 g/mol. The molecule has 148 valence electrons. The molecule has 11 heteroatoms. The van der Waals surface area contributed by atoms with Gasteiger partial charge in [0, 0.05) is 16.1 Å². The molecule has 0 heterocycles. The smallest absolute Gasteiger partial charge is 0.419 e. The maximum Gasteiger partial charge on any atom is 0.419 e. The van der Waals surface area contributed by atoms with Gasteiger partial charge in [0.15, 0.2) is 11.6 Å². The Labute approximate surface area is 170 Å². The third-order valence-corrected chi connectivity index (χ3v) is 5.71. The number of ether oxygens (including phenoxy) is 1. The SMILES string of the molecule is O=S(=O)(Cl)c1c(Oc2c(Cl)cc(C(F)(F)F)c(F)c2Cl)ccc2ccccc12. The van der Waals surface area contributed by atoms with Crippen LogP contribution in [-0.2, 0) is 15.2 Å². The molecule has 3 rings (SSSR count). The van der Waals surface area contributed by atoms with Crippen LogP contribution in [0.5, 0.6) is 11.5 Å². The molecule has 0 spiro atoms. The Balaban J connectivity index is 2.23. The van der Waals surface area contributed by atoms with Crippen molar-refractivity contribution in [2.45, 2.75) is 11.1 Å². The van der Waals surface area contributed by atoms with Crippen molar-refractivity contribution in [1.29, 1.82) is 0 Å². The molecule has 0 amide bonds. The van der Waals surface area contributed by atoms with E-state index in [1.807, 2.05) is 0 Å². The van der Waals surface area contributed by atoms with Crippen LogP contribution in [0.15, 0.2) is 47.4 Å². The van der Waals surface area contributed by atoms with Gasteiger partial charge in [-0.2, -0.15) is 13.2 Å². The van der Waals surface area contributed by atoms with Gasteiger partial charge in [-0.05, 0) is 17.5 Å². The summed E-state index contributed by atoms with van der Waals surface area (Å²) in [7, 11) is 1.15. The second-order valence-electron chi connectivity index (χ2n) is 5.51. The van der Waals surface area contributed by atoms with Crippen molar-refractivity contribution in [3.63, 3.8) is 0 Å². The second-order valence-corrected chi connectivity index (χ2v) is 8.80. The number of benzene rings is 3. The average Bonchev–Trinajstić information content (AvgIpc) is 2.59. The van der Waals surface area contributed by atoms with Crippen LogP contribution in [-0.4, -0.2) is 8.42 Å². The summed E-state index contributed by atoms with van der Waals surface area (Å²) in [6.45, 7) is 0. The van der Waals surface area contributed by atoms with Gasteiger partial charge in [0.1, 0.15) is 15.7 Å². The minimum Gasteiger partial charge on any atom is -0.453 e. The zero-order valence-corrected chi connectivity index (χ0v) is 16.4. The number of fused-ring (bicyclic) bond motifs is 1. The summed E-state index contributed by atoms with van der Waals surface area (Å²) in [6.07, 6.45) is -5.04. The molecular formula is C17H7Cl3F4O3S. The highest BCUT2D eigenvalue weighted by Crippen LogP contribution is 2.46. The monoisotopic (exact) mass is 472 g/mol. The molecule has 0 saturated carbocycles. The molecule has 0 aliphatic carbocycles. The molecule has 0 saturated heterocycles. The molecule has 0 bridgehead atoms.